The molecule has 0 aliphatic rings. The second-order valence-electron chi connectivity index (χ2n) is 6.64. The fraction of sp³-hybridized carbons (Fsp3) is 0.160. The molecule has 1 amide bonds. The van der Waals surface area contributed by atoms with Crippen molar-refractivity contribution < 1.29 is 9.53 Å². The van der Waals surface area contributed by atoms with E-state index in [0.717, 1.165) is 32.7 Å². The molecule has 0 saturated heterocycles. The van der Waals surface area contributed by atoms with Crippen molar-refractivity contribution in [1.29, 1.82) is 0 Å². The molecule has 139 valence electrons. The molecule has 0 atom stereocenters. The van der Waals surface area contributed by atoms with E-state index in [1.807, 2.05) is 62.4 Å². The van der Waals surface area contributed by atoms with E-state index in [1.165, 1.54) is 0 Å². The first-order chi connectivity index (χ1) is 13.7. The van der Waals surface area contributed by atoms with Crippen LogP contribution in [0.5, 0.6) is 5.75 Å². The third-order valence-electron chi connectivity index (χ3n) is 5.08. The van der Waals surface area contributed by atoms with Crippen LogP contribution in [0.15, 0.2) is 72.8 Å². The molecule has 0 bridgehead atoms. The van der Waals surface area contributed by atoms with Gasteiger partial charge in [0.15, 0.2) is 0 Å². The highest BCUT2D eigenvalue weighted by atomic mass is 16.6. The summed E-state index contributed by atoms with van der Waals surface area (Å²) in [5.74, 6) is 0.559. The van der Waals surface area contributed by atoms with Crippen LogP contribution in [-0.4, -0.2) is 24.1 Å². The normalized spacial score (nSPS) is 10.9. The lowest BCUT2D eigenvalue weighted by Gasteiger charge is -2.20. The summed E-state index contributed by atoms with van der Waals surface area (Å²) in [6, 6.07) is 27.6. The van der Waals surface area contributed by atoms with E-state index in [2.05, 4.69) is 30.3 Å². The minimum atomic E-state index is -0.332. The molecular weight excluding hydrogens is 346 g/mol. The van der Waals surface area contributed by atoms with Crippen LogP contribution >= 0.6 is 0 Å². The number of carbonyl (C=O) groups excluding carboxylic acids is 1. The van der Waals surface area contributed by atoms with Gasteiger partial charge in [-0.1, -0.05) is 66.7 Å². The van der Waals surface area contributed by atoms with Crippen molar-refractivity contribution >= 4 is 27.6 Å². The minimum Gasteiger partial charge on any atom is -0.410 e. The highest BCUT2D eigenvalue weighted by molar-refractivity contribution is 6.07. The molecule has 0 spiro atoms. The van der Waals surface area contributed by atoms with Gasteiger partial charge in [0.05, 0.1) is 0 Å². The number of hydrogen-bond donors (Lipinski definition) is 0. The Morgan fingerprint density at radius 3 is 2.21 bits per heavy atom. The van der Waals surface area contributed by atoms with Crippen molar-refractivity contribution in [1.82, 2.24) is 4.90 Å². The van der Waals surface area contributed by atoms with Gasteiger partial charge in [-0.05, 0) is 47.5 Å². The molecule has 4 aromatic rings. The molecule has 1 radical (unpaired) electrons. The highest BCUT2D eigenvalue weighted by Gasteiger charge is 2.18. The van der Waals surface area contributed by atoms with Crippen LogP contribution in [0.1, 0.15) is 13.8 Å². The van der Waals surface area contributed by atoms with Gasteiger partial charge in [0.1, 0.15) is 5.75 Å². The molecule has 4 rings (SSSR count). The van der Waals surface area contributed by atoms with Crippen LogP contribution in [0.4, 0.5) is 4.79 Å². The highest BCUT2D eigenvalue weighted by Crippen LogP contribution is 2.40. The summed E-state index contributed by atoms with van der Waals surface area (Å²) in [7, 11) is 0. The fourth-order valence-electron chi connectivity index (χ4n) is 3.60. The van der Waals surface area contributed by atoms with Gasteiger partial charge >= 0.3 is 6.09 Å². The molecule has 28 heavy (non-hydrogen) atoms. The first kappa shape index (κ1) is 18.1. The number of nitrogens with zero attached hydrogens (tertiary/aromatic N) is 1. The van der Waals surface area contributed by atoms with Crippen molar-refractivity contribution in [3.05, 3.63) is 78.9 Å². The summed E-state index contributed by atoms with van der Waals surface area (Å²) < 4.78 is 5.87. The quantitative estimate of drug-likeness (QED) is 0.423. The predicted molar refractivity (Wildman–Crippen MR) is 115 cm³/mol. The SMILES string of the molecule is CCN(CC)C(=O)Oc1ccc2ccccc2c1-c1[c]ccc2ccccc12. The van der Waals surface area contributed by atoms with Crippen LogP contribution in [0, 0.1) is 6.07 Å². The van der Waals surface area contributed by atoms with Gasteiger partial charge in [0.25, 0.3) is 0 Å². The Kier molecular flexibility index (Phi) is 4.98. The van der Waals surface area contributed by atoms with Crippen molar-refractivity contribution in [2.45, 2.75) is 13.8 Å². The smallest absolute Gasteiger partial charge is 0.410 e. The largest absolute Gasteiger partial charge is 0.415 e. The van der Waals surface area contributed by atoms with Crippen LogP contribution in [-0.2, 0) is 0 Å². The summed E-state index contributed by atoms with van der Waals surface area (Å²) in [5.41, 5.74) is 1.84. The first-order valence-corrected chi connectivity index (χ1v) is 9.61. The van der Waals surface area contributed by atoms with Gasteiger partial charge in [0.2, 0.25) is 0 Å². The molecule has 4 aromatic carbocycles. The predicted octanol–water partition coefficient (Wildman–Crippen LogP) is 6.30. The maximum Gasteiger partial charge on any atom is 0.415 e. The third kappa shape index (κ3) is 3.20. The van der Waals surface area contributed by atoms with E-state index in [9.17, 15) is 4.79 Å². The number of ether oxygens (including phenoxy) is 1. The molecule has 0 fully saturated rings. The van der Waals surface area contributed by atoms with E-state index in [0.29, 0.717) is 18.8 Å². The van der Waals surface area contributed by atoms with Crippen LogP contribution in [0.3, 0.4) is 0 Å². The summed E-state index contributed by atoms with van der Waals surface area (Å²) in [4.78, 5) is 14.3. The molecule has 0 saturated carbocycles. The van der Waals surface area contributed by atoms with Crippen molar-refractivity contribution in [3.8, 4) is 16.9 Å². The third-order valence-corrected chi connectivity index (χ3v) is 5.08. The maximum atomic E-state index is 12.7. The average molecular weight is 368 g/mol. The zero-order valence-corrected chi connectivity index (χ0v) is 16.1. The van der Waals surface area contributed by atoms with E-state index in [4.69, 9.17) is 4.74 Å². The van der Waals surface area contributed by atoms with Crippen LogP contribution in [0.2, 0.25) is 0 Å². The standard InChI is InChI=1S/C25H22NO2/c1-3-26(4-2)25(27)28-23-17-16-19-11-6-8-14-21(19)24(23)22-15-9-12-18-10-5-7-13-20(18)22/h5-14,16-17H,3-4H2,1-2H3. The number of carbonyl (C=O) groups is 1. The van der Waals surface area contributed by atoms with Gasteiger partial charge in [-0.3, -0.25) is 0 Å². The minimum absolute atomic E-state index is 0.332. The average Bonchev–Trinajstić information content (AvgIpc) is 2.74. The lowest BCUT2D eigenvalue weighted by atomic mass is 9.93. The zero-order chi connectivity index (χ0) is 19.5. The number of fused-ring (bicyclic) bond motifs is 2. The molecule has 0 heterocycles. The van der Waals surface area contributed by atoms with Gasteiger partial charge in [-0.25, -0.2) is 4.79 Å². The first-order valence-electron chi connectivity index (χ1n) is 9.61. The zero-order valence-electron chi connectivity index (χ0n) is 16.1. The number of amides is 1. The second kappa shape index (κ2) is 7.73. The molecule has 0 aliphatic heterocycles. The number of hydrogen-bond acceptors (Lipinski definition) is 2. The second-order valence-corrected chi connectivity index (χ2v) is 6.64. The monoisotopic (exact) mass is 368 g/mol. The van der Waals surface area contributed by atoms with Crippen LogP contribution in [0.25, 0.3) is 32.7 Å². The Morgan fingerprint density at radius 1 is 0.857 bits per heavy atom. The topological polar surface area (TPSA) is 29.5 Å². The molecule has 3 nitrogen and oxygen atoms in total. The van der Waals surface area contributed by atoms with E-state index in [-0.39, 0.29) is 6.09 Å². The van der Waals surface area contributed by atoms with Gasteiger partial charge in [0, 0.05) is 24.2 Å². The lowest BCUT2D eigenvalue weighted by molar-refractivity contribution is 0.157. The van der Waals surface area contributed by atoms with Gasteiger partial charge < -0.3 is 9.64 Å². The van der Waals surface area contributed by atoms with Crippen molar-refractivity contribution in [3.63, 3.8) is 0 Å². The Hall–Kier alpha value is -3.33. The molecule has 0 N–H and O–H groups in total. The number of rotatable bonds is 4. The molecule has 0 aliphatic carbocycles. The van der Waals surface area contributed by atoms with E-state index >= 15 is 0 Å². The Labute approximate surface area is 165 Å². The Bertz CT molecular complexity index is 1140. The van der Waals surface area contributed by atoms with Crippen LogP contribution < -0.4 is 4.74 Å². The fourth-order valence-corrected chi connectivity index (χ4v) is 3.60. The lowest BCUT2D eigenvalue weighted by Crippen LogP contribution is -2.33. The summed E-state index contributed by atoms with van der Waals surface area (Å²) in [5, 5.41) is 4.35. The molecule has 3 heteroatoms. The Balaban J connectivity index is 1.96. The summed E-state index contributed by atoms with van der Waals surface area (Å²) >= 11 is 0. The van der Waals surface area contributed by atoms with E-state index < -0.39 is 0 Å². The Morgan fingerprint density at radius 2 is 1.50 bits per heavy atom. The number of benzene rings is 4. The molecule has 0 aromatic heterocycles. The molecule has 0 unspecified atom stereocenters. The van der Waals surface area contributed by atoms with Gasteiger partial charge in [-0.2, -0.15) is 0 Å². The van der Waals surface area contributed by atoms with Crippen molar-refractivity contribution in [2.24, 2.45) is 0 Å². The van der Waals surface area contributed by atoms with Crippen molar-refractivity contribution in [2.75, 3.05) is 13.1 Å². The van der Waals surface area contributed by atoms with Gasteiger partial charge in [-0.15, -0.1) is 0 Å². The van der Waals surface area contributed by atoms with E-state index in [1.54, 1.807) is 4.90 Å². The maximum absolute atomic E-state index is 12.7. The summed E-state index contributed by atoms with van der Waals surface area (Å²) in [6.45, 7) is 5.12. The summed E-state index contributed by atoms with van der Waals surface area (Å²) in [6.07, 6.45) is -0.332. The molecular formula is C25H22NO2.